The van der Waals surface area contributed by atoms with Gasteiger partial charge in [0.15, 0.2) is 0 Å². The van der Waals surface area contributed by atoms with Gasteiger partial charge in [-0.1, -0.05) is 43.3 Å². The molecule has 1 N–H and O–H groups in total. The van der Waals surface area contributed by atoms with Crippen molar-refractivity contribution in [1.82, 2.24) is 5.32 Å². The lowest BCUT2D eigenvalue weighted by Crippen LogP contribution is -2.41. The van der Waals surface area contributed by atoms with E-state index in [4.69, 9.17) is 4.74 Å². The Bertz CT molecular complexity index is 1260. The number of hydrogen-bond acceptors (Lipinski definition) is 4. The highest BCUT2D eigenvalue weighted by Gasteiger charge is 2.23. The number of aryl methyl sites for hydroxylation is 2. The molecule has 3 aromatic rings. The van der Waals surface area contributed by atoms with Gasteiger partial charge in [-0.2, -0.15) is 0 Å². The zero-order valence-electron chi connectivity index (χ0n) is 20.2. The van der Waals surface area contributed by atoms with Gasteiger partial charge in [0.2, 0.25) is 15.9 Å². The van der Waals surface area contributed by atoms with Crippen LogP contribution >= 0.6 is 0 Å². The molecule has 0 saturated carbocycles. The first kappa shape index (κ1) is 24.8. The fourth-order valence-corrected chi connectivity index (χ4v) is 5.32. The second-order valence-corrected chi connectivity index (χ2v) is 10.8. The predicted molar refractivity (Wildman–Crippen MR) is 139 cm³/mol. The summed E-state index contributed by atoms with van der Waals surface area (Å²) in [4.78, 5) is 13.0. The molecule has 0 radical (unpaired) electrons. The van der Waals surface area contributed by atoms with E-state index in [0.717, 1.165) is 35.4 Å². The van der Waals surface area contributed by atoms with E-state index in [1.54, 1.807) is 24.3 Å². The lowest BCUT2D eigenvalue weighted by Gasteiger charge is -2.25. The molecule has 0 bridgehead atoms. The molecule has 0 aromatic heterocycles. The molecule has 3 aromatic carbocycles. The number of carbonyl (C=O) groups is 1. The van der Waals surface area contributed by atoms with Gasteiger partial charge in [0.1, 0.15) is 18.0 Å². The van der Waals surface area contributed by atoms with Crippen LogP contribution in [0.15, 0.2) is 72.8 Å². The predicted octanol–water partition coefficient (Wildman–Crippen LogP) is 5.39. The van der Waals surface area contributed by atoms with E-state index in [0.29, 0.717) is 17.2 Å². The Kier molecular flexibility index (Phi) is 7.76. The number of ether oxygens (including phenoxy) is 1. The molecule has 35 heavy (non-hydrogen) atoms. The number of carbonyl (C=O) groups excluding carboxylic acids is 1. The van der Waals surface area contributed by atoms with Crippen molar-refractivity contribution >= 4 is 21.6 Å². The summed E-state index contributed by atoms with van der Waals surface area (Å²) in [5, 5.41) is 3.04. The molecule has 0 heterocycles. The lowest BCUT2D eigenvalue weighted by molar-refractivity contribution is -0.120. The fraction of sp³-hybridized carbons (Fsp3) is 0.321. The van der Waals surface area contributed by atoms with Crippen LogP contribution in [-0.2, 0) is 27.7 Å². The van der Waals surface area contributed by atoms with Crippen LogP contribution in [0.2, 0.25) is 0 Å². The third-order valence-corrected chi connectivity index (χ3v) is 7.45. The second kappa shape index (κ2) is 11.0. The van der Waals surface area contributed by atoms with E-state index in [-0.39, 0.29) is 18.5 Å². The molecule has 1 atom stereocenters. The zero-order valence-corrected chi connectivity index (χ0v) is 21.1. The van der Waals surface area contributed by atoms with E-state index in [1.165, 1.54) is 24.0 Å². The van der Waals surface area contributed by atoms with Crippen LogP contribution in [0.4, 0.5) is 5.69 Å². The van der Waals surface area contributed by atoms with Crippen molar-refractivity contribution < 1.29 is 17.9 Å². The molecule has 6 nitrogen and oxygen atoms in total. The van der Waals surface area contributed by atoms with Gasteiger partial charge in [-0.25, -0.2) is 8.42 Å². The van der Waals surface area contributed by atoms with Crippen molar-refractivity contribution in [3.63, 3.8) is 0 Å². The number of nitrogens with one attached hydrogen (secondary N) is 1. The Morgan fingerprint density at radius 1 is 0.943 bits per heavy atom. The van der Waals surface area contributed by atoms with Gasteiger partial charge in [-0.05, 0) is 85.2 Å². The summed E-state index contributed by atoms with van der Waals surface area (Å²) in [6, 6.07) is 22.3. The van der Waals surface area contributed by atoms with Gasteiger partial charge in [-0.3, -0.25) is 9.10 Å². The molecule has 1 unspecified atom stereocenters. The standard InChI is InChI=1S/C28H32N2O4S/c1-3-27(23-14-13-21-9-7-8-10-22(21)19-23)29-28(31)20-30(35(2,32)33)24-15-17-26(18-16-24)34-25-11-5-4-6-12-25/h4-6,11-19,27H,3,7-10,20H2,1-2H3,(H,29,31). The minimum absolute atomic E-state index is 0.169. The van der Waals surface area contributed by atoms with Crippen LogP contribution in [0.25, 0.3) is 0 Å². The molecule has 0 saturated heterocycles. The average Bonchev–Trinajstić information content (AvgIpc) is 2.86. The van der Waals surface area contributed by atoms with Crippen molar-refractivity contribution in [2.75, 3.05) is 17.1 Å². The summed E-state index contributed by atoms with van der Waals surface area (Å²) in [7, 11) is -3.67. The number of sulfonamides is 1. The van der Waals surface area contributed by atoms with E-state index in [9.17, 15) is 13.2 Å². The highest BCUT2D eigenvalue weighted by molar-refractivity contribution is 7.92. The summed E-state index contributed by atoms with van der Waals surface area (Å²) in [6.07, 6.45) is 6.42. The van der Waals surface area contributed by atoms with Crippen molar-refractivity contribution in [3.05, 3.63) is 89.5 Å². The maximum Gasteiger partial charge on any atom is 0.241 e. The number of amides is 1. The minimum atomic E-state index is -3.67. The Balaban J connectivity index is 1.46. The van der Waals surface area contributed by atoms with Crippen LogP contribution in [0.3, 0.4) is 0 Å². The second-order valence-electron chi connectivity index (χ2n) is 8.94. The van der Waals surface area contributed by atoms with Crippen LogP contribution in [0.1, 0.15) is 48.9 Å². The van der Waals surface area contributed by atoms with Crippen LogP contribution in [0.5, 0.6) is 11.5 Å². The fourth-order valence-electron chi connectivity index (χ4n) is 4.47. The van der Waals surface area contributed by atoms with Crippen molar-refractivity contribution in [2.45, 2.75) is 45.1 Å². The van der Waals surface area contributed by atoms with E-state index in [1.807, 2.05) is 37.3 Å². The van der Waals surface area contributed by atoms with Crippen molar-refractivity contribution in [3.8, 4) is 11.5 Å². The summed E-state index contributed by atoms with van der Waals surface area (Å²) in [5.74, 6) is 0.924. The molecule has 184 valence electrons. The zero-order chi connectivity index (χ0) is 24.8. The third-order valence-electron chi connectivity index (χ3n) is 6.31. The number of rotatable bonds is 9. The Morgan fingerprint density at radius 3 is 2.26 bits per heavy atom. The first-order valence-electron chi connectivity index (χ1n) is 12.0. The summed E-state index contributed by atoms with van der Waals surface area (Å²) >= 11 is 0. The molecule has 4 rings (SSSR count). The largest absolute Gasteiger partial charge is 0.457 e. The van der Waals surface area contributed by atoms with Gasteiger partial charge in [-0.15, -0.1) is 0 Å². The quantitative estimate of drug-likeness (QED) is 0.434. The number of hydrogen-bond donors (Lipinski definition) is 1. The summed E-state index contributed by atoms with van der Waals surface area (Å²) in [6.45, 7) is 1.73. The molecular weight excluding hydrogens is 460 g/mol. The number of nitrogens with zero attached hydrogens (tertiary/aromatic N) is 1. The maximum atomic E-state index is 13.0. The first-order valence-corrected chi connectivity index (χ1v) is 13.9. The number of anilines is 1. The van der Waals surface area contributed by atoms with Gasteiger partial charge in [0.05, 0.1) is 18.0 Å². The molecule has 0 aliphatic heterocycles. The minimum Gasteiger partial charge on any atom is -0.457 e. The topological polar surface area (TPSA) is 75.7 Å². The third kappa shape index (κ3) is 6.42. The Morgan fingerprint density at radius 2 is 1.60 bits per heavy atom. The molecule has 1 aliphatic carbocycles. The highest BCUT2D eigenvalue weighted by atomic mass is 32.2. The Labute approximate surface area is 208 Å². The van der Waals surface area contributed by atoms with E-state index in [2.05, 4.69) is 23.5 Å². The normalized spacial score (nSPS) is 14.0. The molecule has 1 amide bonds. The van der Waals surface area contributed by atoms with Gasteiger partial charge in [0, 0.05) is 0 Å². The Hall–Kier alpha value is -3.32. The highest BCUT2D eigenvalue weighted by Crippen LogP contribution is 2.27. The lowest BCUT2D eigenvalue weighted by atomic mass is 9.89. The molecule has 0 spiro atoms. The van der Waals surface area contributed by atoms with Crippen LogP contribution < -0.4 is 14.4 Å². The van der Waals surface area contributed by atoms with Crippen molar-refractivity contribution in [2.24, 2.45) is 0 Å². The number of benzene rings is 3. The van der Waals surface area contributed by atoms with Gasteiger partial charge < -0.3 is 10.1 Å². The first-order chi connectivity index (χ1) is 16.8. The summed E-state index contributed by atoms with van der Waals surface area (Å²) in [5.41, 5.74) is 4.22. The average molecular weight is 493 g/mol. The SMILES string of the molecule is CCC(NC(=O)CN(c1ccc(Oc2ccccc2)cc1)S(C)(=O)=O)c1ccc2c(c1)CCCC2. The smallest absolute Gasteiger partial charge is 0.241 e. The molecule has 7 heteroatoms. The van der Waals surface area contributed by atoms with E-state index >= 15 is 0 Å². The maximum absolute atomic E-state index is 13.0. The number of para-hydroxylation sites is 1. The van der Waals surface area contributed by atoms with Gasteiger partial charge >= 0.3 is 0 Å². The van der Waals surface area contributed by atoms with Crippen molar-refractivity contribution in [1.29, 1.82) is 0 Å². The monoisotopic (exact) mass is 492 g/mol. The number of fused-ring (bicyclic) bond motifs is 1. The van der Waals surface area contributed by atoms with Crippen LogP contribution in [-0.4, -0.2) is 27.1 Å². The molecular formula is C28H32N2O4S. The molecule has 0 fully saturated rings. The molecule has 1 aliphatic rings. The van der Waals surface area contributed by atoms with Crippen LogP contribution in [0, 0.1) is 0 Å². The van der Waals surface area contributed by atoms with Gasteiger partial charge in [0.25, 0.3) is 0 Å². The summed E-state index contributed by atoms with van der Waals surface area (Å²) < 4.78 is 32.0. The van der Waals surface area contributed by atoms with E-state index < -0.39 is 10.0 Å².